The van der Waals surface area contributed by atoms with Gasteiger partial charge >= 0.3 is 5.97 Å². The molecule has 0 spiro atoms. The maximum atomic E-state index is 13.2. The van der Waals surface area contributed by atoms with E-state index in [-0.39, 0.29) is 0 Å². The van der Waals surface area contributed by atoms with Crippen molar-refractivity contribution >= 4 is 5.97 Å². The zero-order valence-corrected chi connectivity index (χ0v) is 7.66. The predicted molar refractivity (Wildman–Crippen MR) is 45.7 cm³/mol. The third-order valence-corrected chi connectivity index (χ3v) is 2.00. The van der Waals surface area contributed by atoms with Gasteiger partial charge in [-0.15, -0.1) is 0 Å². The topological polar surface area (TPSA) is 77.8 Å². The summed E-state index contributed by atoms with van der Waals surface area (Å²) >= 11 is 0. The number of aromatic hydroxyl groups is 2. The standard InChI is InChI=1S/C9H8F2O4/c1-3(9(14)15)6-7(10)4(12)2-5(13)8(6)11/h2-3,12-13H,1H3,(H,14,15). The van der Waals surface area contributed by atoms with Crippen LogP contribution >= 0.6 is 0 Å². The van der Waals surface area contributed by atoms with E-state index in [4.69, 9.17) is 15.3 Å². The fourth-order valence-electron chi connectivity index (χ4n) is 1.13. The Kier molecular flexibility index (Phi) is 2.78. The highest BCUT2D eigenvalue weighted by atomic mass is 19.1. The van der Waals surface area contributed by atoms with Gasteiger partial charge in [-0.2, -0.15) is 0 Å². The Labute approximate surface area is 83.4 Å². The highest BCUT2D eigenvalue weighted by molar-refractivity contribution is 5.76. The smallest absolute Gasteiger partial charge is 0.310 e. The van der Waals surface area contributed by atoms with Gasteiger partial charge in [0, 0.05) is 11.6 Å². The quantitative estimate of drug-likeness (QED) is 0.703. The molecular weight excluding hydrogens is 210 g/mol. The molecule has 1 aromatic rings. The van der Waals surface area contributed by atoms with Crippen LogP contribution in [-0.4, -0.2) is 21.3 Å². The van der Waals surface area contributed by atoms with Gasteiger partial charge in [0.15, 0.2) is 23.1 Å². The first kappa shape index (κ1) is 11.2. The lowest BCUT2D eigenvalue weighted by atomic mass is 9.99. The van der Waals surface area contributed by atoms with Crippen molar-refractivity contribution in [3.05, 3.63) is 23.3 Å². The van der Waals surface area contributed by atoms with Gasteiger partial charge < -0.3 is 15.3 Å². The molecule has 6 heteroatoms. The Hall–Kier alpha value is -1.85. The van der Waals surface area contributed by atoms with Crippen molar-refractivity contribution in [2.75, 3.05) is 0 Å². The van der Waals surface area contributed by atoms with Gasteiger partial charge in [-0.05, 0) is 6.92 Å². The number of phenols is 2. The van der Waals surface area contributed by atoms with Gasteiger partial charge in [0.2, 0.25) is 0 Å². The maximum Gasteiger partial charge on any atom is 0.310 e. The molecule has 1 unspecified atom stereocenters. The summed E-state index contributed by atoms with van der Waals surface area (Å²) in [6, 6.07) is 0.475. The van der Waals surface area contributed by atoms with E-state index in [2.05, 4.69) is 0 Å². The van der Waals surface area contributed by atoms with Crippen LogP contribution in [0.3, 0.4) is 0 Å². The van der Waals surface area contributed by atoms with E-state index in [1.54, 1.807) is 0 Å². The van der Waals surface area contributed by atoms with Crippen LogP contribution in [0.2, 0.25) is 0 Å². The van der Waals surface area contributed by atoms with Crippen molar-refractivity contribution in [3.63, 3.8) is 0 Å². The summed E-state index contributed by atoms with van der Waals surface area (Å²) < 4.78 is 26.4. The number of hydrogen-bond acceptors (Lipinski definition) is 3. The molecule has 3 N–H and O–H groups in total. The molecule has 1 aromatic carbocycles. The second-order valence-corrected chi connectivity index (χ2v) is 3.02. The maximum absolute atomic E-state index is 13.2. The number of phenolic OH excluding ortho intramolecular Hbond substituents is 2. The Bertz CT molecular complexity index is 391. The Morgan fingerprint density at radius 2 is 1.67 bits per heavy atom. The highest BCUT2D eigenvalue weighted by Gasteiger charge is 2.26. The van der Waals surface area contributed by atoms with Crippen molar-refractivity contribution < 1.29 is 28.9 Å². The summed E-state index contributed by atoms with van der Waals surface area (Å²) in [6.45, 7) is 1.04. The lowest BCUT2D eigenvalue weighted by molar-refractivity contribution is -0.138. The zero-order chi connectivity index (χ0) is 11.7. The van der Waals surface area contributed by atoms with E-state index in [1.165, 1.54) is 0 Å². The molecule has 0 bridgehead atoms. The van der Waals surface area contributed by atoms with E-state index in [1.807, 2.05) is 0 Å². The lowest BCUT2D eigenvalue weighted by Gasteiger charge is -2.11. The van der Waals surface area contributed by atoms with Gasteiger partial charge in [-0.1, -0.05) is 0 Å². The predicted octanol–water partition coefficient (Wildman–Crippen LogP) is 1.56. The fourth-order valence-corrected chi connectivity index (χ4v) is 1.13. The molecule has 1 atom stereocenters. The van der Waals surface area contributed by atoms with Crippen molar-refractivity contribution in [1.82, 2.24) is 0 Å². The molecule has 0 aliphatic rings. The number of carbonyl (C=O) groups is 1. The summed E-state index contributed by atoms with van der Waals surface area (Å²) in [5.74, 6) is -7.68. The minimum Gasteiger partial charge on any atom is -0.505 e. The first-order valence-corrected chi connectivity index (χ1v) is 3.98. The summed E-state index contributed by atoms with van der Waals surface area (Å²) in [7, 11) is 0. The van der Waals surface area contributed by atoms with Crippen LogP contribution in [-0.2, 0) is 4.79 Å². The Morgan fingerprint density at radius 3 is 2.00 bits per heavy atom. The molecule has 82 valence electrons. The molecule has 0 saturated heterocycles. The molecule has 0 amide bonds. The van der Waals surface area contributed by atoms with Crippen molar-refractivity contribution in [2.45, 2.75) is 12.8 Å². The SMILES string of the molecule is CC(C(=O)O)c1c(F)c(O)cc(O)c1F. The summed E-state index contributed by atoms with van der Waals surface area (Å²) in [6.07, 6.45) is 0. The second kappa shape index (κ2) is 3.72. The number of carboxylic acid groups (broad SMARTS) is 1. The molecule has 0 heterocycles. The van der Waals surface area contributed by atoms with Crippen molar-refractivity contribution in [2.24, 2.45) is 0 Å². The first-order valence-electron chi connectivity index (χ1n) is 3.98. The number of hydrogen-bond donors (Lipinski definition) is 3. The van der Waals surface area contributed by atoms with E-state index >= 15 is 0 Å². The first-order chi connectivity index (χ1) is 6.86. The molecule has 15 heavy (non-hydrogen) atoms. The molecule has 4 nitrogen and oxygen atoms in total. The minimum absolute atomic E-state index is 0.475. The van der Waals surface area contributed by atoms with Crippen molar-refractivity contribution in [3.8, 4) is 11.5 Å². The number of halogens is 2. The Balaban J connectivity index is 3.45. The van der Waals surface area contributed by atoms with Crippen LogP contribution in [0.1, 0.15) is 18.4 Å². The molecule has 1 rings (SSSR count). The van der Waals surface area contributed by atoms with Crippen LogP contribution in [0.5, 0.6) is 11.5 Å². The number of rotatable bonds is 2. The minimum atomic E-state index is -1.50. The molecule has 0 aromatic heterocycles. The Morgan fingerprint density at radius 1 is 1.27 bits per heavy atom. The molecule has 0 saturated carbocycles. The average molecular weight is 218 g/mol. The average Bonchev–Trinajstić information content (AvgIpc) is 2.15. The van der Waals surface area contributed by atoms with E-state index in [9.17, 15) is 13.6 Å². The zero-order valence-electron chi connectivity index (χ0n) is 7.66. The number of carboxylic acids is 1. The number of aliphatic carboxylic acids is 1. The van der Waals surface area contributed by atoms with Gasteiger partial charge in [0.25, 0.3) is 0 Å². The van der Waals surface area contributed by atoms with Crippen LogP contribution in [0.15, 0.2) is 6.07 Å². The van der Waals surface area contributed by atoms with E-state index < -0.39 is 40.6 Å². The monoisotopic (exact) mass is 218 g/mol. The van der Waals surface area contributed by atoms with Gasteiger partial charge in [0.1, 0.15) is 0 Å². The lowest BCUT2D eigenvalue weighted by Crippen LogP contribution is -2.11. The normalized spacial score (nSPS) is 12.5. The summed E-state index contributed by atoms with van der Waals surface area (Å²) in [5, 5.41) is 26.5. The third-order valence-electron chi connectivity index (χ3n) is 2.00. The van der Waals surface area contributed by atoms with Gasteiger partial charge in [-0.3, -0.25) is 4.79 Å². The fraction of sp³-hybridized carbons (Fsp3) is 0.222. The second-order valence-electron chi connectivity index (χ2n) is 3.02. The summed E-state index contributed by atoms with van der Waals surface area (Å²) in [5.41, 5.74) is -0.861. The van der Waals surface area contributed by atoms with Crippen molar-refractivity contribution in [1.29, 1.82) is 0 Å². The molecule has 0 aliphatic carbocycles. The largest absolute Gasteiger partial charge is 0.505 e. The molecule has 0 radical (unpaired) electrons. The van der Waals surface area contributed by atoms with Crippen LogP contribution < -0.4 is 0 Å². The van der Waals surface area contributed by atoms with Gasteiger partial charge in [-0.25, -0.2) is 8.78 Å². The molecule has 0 aliphatic heterocycles. The van der Waals surface area contributed by atoms with Crippen LogP contribution in [0, 0.1) is 11.6 Å². The third kappa shape index (κ3) is 1.83. The van der Waals surface area contributed by atoms with Gasteiger partial charge in [0.05, 0.1) is 5.92 Å². The summed E-state index contributed by atoms with van der Waals surface area (Å²) in [4.78, 5) is 10.5. The number of benzene rings is 1. The van der Waals surface area contributed by atoms with Crippen LogP contribution in [0.4, 0.5) is 8.78 Å². The molecular formula is C9H8F2O4. The van der Waals surface area contributed by atoms with E-state index in [0.717, 1.165) is 6.92 Å². The van der Waals surface area contributed by atoms with E-state index in [0.29, 0.717) is 6.07 Å². The highest BCUT2D eigenvalue weighted by Crippen LogP contribution is 2.34. The van der Waals surface area contributed by atoms with Crippen LogP contribution in [0.25, 0.3) is 0 Å². The molecule has 0 fully saturated rings.